The predicted molar refractivity (Wildman–Crippen MR) is 117 cm³/mol. The summed E-state index contributed by atoms with van der Waals surface area (Å²) in [7, 11) is 1.86. The molecule has 1 fully saturated rings. The van der Waals surface area contributed by atoms with E-state index in [0.29, 0.717) is 54.1 Å². The Morgan fingerprint density at radius 3 is 2.69 bits per heavy atom. The number of imidazole rings is 1. The van der Waals surface area contributed by atoms with Crippen molar-refractivity contribution >= 4 is 23.0 Å². The highest BCUT2D eigenvalue weighted by molar-refractivity contribution is 6.06. The minimum absolute atomic E-state index is 0.0324. The van der Waals surface area contributed by atoms with E-state index >= 15 is 0 Å². The first-order valence-electron chi connectivity index (χ1n) is 10.3. The van der Waals surface area contributed by atoms with Crippen molar-refractivity contribution in [1.82, 2.24) is 34.7 Å². The molecule has 1 aliphatic rings. The minimum Gasteiger partial charge on any atom is -0.344 e. The van der Waals surface area contributed by atoms with Crippen molar-refractivity contribution in [3.05, 3.63) is 42.6 Å². The molecule has 2 N–H and O–H groups in total. The molecule has 0 saturated carbocycles. The van der Waals surface area contributed by atoms with Gasteiger partial charge < -0.3 is 19.8 Å². The number of amides is 2. The van der Waals surface area contributed by atoms with E-state index in [1.54, 1.807) is 28.9 Å². The van der Waals surface area contributed by atoms with Gasteiger partial charge in [-0.25, -0.2) is 15.0 Å². The van der Waals surface area contributed by atoms with Crippen molar-refractivity contribution in [3.63, 3.8) is 0 Å². The molecule has 0 unspecified atom stereocenters. The van der Waals surface area contributed by atoms with Gasteiger partial charge in [-0.05, 0) is 25.3 Å². The molecule has 0 bridgehead atoms. The number of rotatable bonds is 5. The van der Waals surface area contributed by atoms with Gasteiger partial charge in [0.05, 0.1) is 24.2 Å². The van der Waals surface area contributed by atoms with Gasteiger partial charge in [-0.1, -0.05) is 6.58 Å². The second-order valence-electron chi connectivity index (χ2n) is 8.06. The van der Waals surface area contributed by atoms with Crippen LogP contribution in [0, 0.1) is 17.2 Å². The van der Waals surface area contributed by atoms with E-state index in [1.807, 2.05) is 13.2 Å². The van der Waals surface area contributed by atoms with Crippen LogP contribution in [0.4, 0.5) is 0 Å². The number of piperidine rings is 1. The lowest BCUT2D eigenvalue weighted by atomic mass is 9.97. The fraction of sp³-hybridized carbons (Fsp3) is 0.364. The highest BCUT2D eigenvalue weighted by atomic mass is 16.2. The fourth-order valence-electron chi connectivity index (χ4n) is 3.75. The number of nitriles is 1. The maximum atomic E-state index is 13.1. The average molecular weight is 432 g/mol. The largest absolute Gasteiger partial charge is 0.344 e. The summed E-state index contributed by atoms with van der Waals surface area (Å²) in [6, 6.07) is 1.39. The van der Waals surface area contributed by atoms with Crippen LogP contribution in [-0.2, 0) is 11.8 Å². The number of hydrogen-bond donors (Lipinski definition) is 2. The molecule has 3 aromatic heterocycles. The number of aryl methyl sites for hydroxylation is 1. The fourth-order valence-corrected chi connectivity index (χ4v) is 3.75. The van der Waals surface area contributed by atoms with E-state index in [-0.39, 0.29) is 17.4 Å². The Bertz CT molecular complexity index is 1230. The molecule has 1 aliphatic heterocycles. The lowest BCUT2D eigenvalue weighted by molar-refractivity contribution is -0.133. The van der Waals surface area contributed by atoms with Crippen molar-refractivity contribution in [3.8, 4) is 17.5 Å². The molecule has 2 amide bonds. The van der Waals surface area contributed by atoms with Gasteiger partial charge in [0.25, 0.3) is 5.91 Å². The van der Waals surface area contributed by atoms with Crippen LogP contribution >= 0.6 is 0 Å². The number of carbonyl (C=O) groups is 2. The molecule has 0 aromatic carbocycles. The van der Waals surface area contributed by atoms with Gasteiger partial charge in [-0.15, -0.1) is 0 Å². The lowest BCUT2D eigenvalue weighted by Gasteiger charge is -2.32. The Hall–Kier alpha value is -4.00. The summed E-state index contributed by atoms with van der Waals surface area (Å²) in [5.41, 5.74) is 2.86. The monoisotopic (exact) mass is 432 g/mol. The first kappa shape index (κ1) is 21.2. The van der Waals surface area contributed by atoms with E-state index in [9.17, 15) is 9.59 Å². The number of nitrogens with zero attached hydrogens (tertiary/aromatic N) is 6. The standard InChI is InChI=1S/C22H24N8O2/c1-13(2)18(22(32)30-6-4-14(8-23)5-7-30)28-21(31)15-9-24-20-19(15)27-16(10-25-20)17-11-29(3)12-26-17/h9-12,14,18H,1,4-7H2,2-3H3,(H,24,25)(H,28,31)/t18-/m1/s1. The summed E-state index contributed by atoms with van der Waals surface area (Å²) in [4.78, 5) is 44.0. The number of hydrogen-bond acceptors (Lipinski definition) is 6. The predicted octanol–water partition coefficient (Wildman–Crippen LogP) is 1.80. The third kappa shape index (κ3) is 4.09. The first-order valence-corrected chi connectivity index (χ1v) is 10.3. The Labute approximate surface area is 185 Å². The molecule has 4 rings (SSSR count). The normalized spacial score (nSPS) is 15.3. The van der Waals surface area contributed by atoms with Crippen molar-refractivity contribution < 1.29 is 9.59 Å². The Kier molecular flexibility index (Phi) is 5.73. The zero-order chi connectivity index (χ0) is 22.8. The quantitative estimate of drug-likeness (QED) is 0.591. The number of carbonyl (C=O) groups excluding carboxylic acids is 2. The van der Waals surface area contributed by atoms with Crippen molar-refractivity contribution in [2.75, 3.05) is 13.1 Å². The SMILES string of the molecule is C=C(C)[C@@H](NC(=O)c1c[nH]c2ncc(-c3cn(C)cn3)nc12)C(=O)N1CCC(C#N)CC1. The lowest BCUT2D eigenvalue weighted by Crippen LogP contribution is -2.51. The van der Waals surface area contributed by atoms with Crippen LogP contribution in [-0.4, -0.2) is 60.3 Å². The van der Waals surface area contributed by atoms with Crippen LogP contribution in [0.25, 0.3) is 22.6 Å². The summed E-state index contributed by atoms with van der Waals surface area (Å²) < 4.78 is 1.80. The zero-order valence-corrected chi connectivity index (χ0v) is 18.0. The van der Waals surface area contributed by atoms with Crippen molar-refractivity contribution in [1.29, 1.82) is 5.26 Å². The molecule has 1 atom stereocenters. The molecule has 10 nitrogen and oxygen atoms in total. The third-order valence-corrected chi connectivity index (χ3v) is 5.60. The van der Waals surface area contributed by atoms with E-state index in [2.05, 4.69) is 37.9 Å². The molecule has 4 heterocycles. The highest BCUT2D eigenvalue weighted by Gasteiger charge is 2.30. The maximum Gasteiger partial charge on any atom is 0.256 e. The van der Waals surface area contributed by atoms with Crippen molar-refractivity contribution in [2.45, 2.75) is 25.8 Å². The van der Waals surface area contributed by atoms with Gasteiger partial charge in [0, 0.05) is 38.4 Å². The third-order valence-electron chi connectivity index (χ3n) is 5.60. The first-order chi connectivity index (χ1) is 15.4. The average Bonchev–Trinajstić information content (AvgIpc) is 3.42. The molecule has 0 aliphatic carbocycles. The van der Waals surface area contributed by atoms with Crippen LogP contribution in [0.5, 0.6) is 0 Å². The van der Waals surface area contributed by atoms with Gasteiger partial charge in [0.1, 0.15) is 22.9 Å². The van der Waals surface area contributed by atoms with Crippen LogP contribution < -0.4 is 5.32 Å². The molecule has 10 heteroatoms. The highest BCUT2D eigenvalue weighted by Crippen LogP contribution is 2.21. The Morgan fingerprint density at radius 1 is 1.31 bits per heavy atom. The smallest absolute Gasteiger partial charge is 0.256 e. The molecule has 0 radical (unpaired) electrons. The van der Waals surface area contributed by atoms with Crippen LogP contribution in [0.3, 0.4) is 0 Å². The molecule has 164 valence electrons. The second kappa shape index (κ2) is 8.63. The molecular formula is C22H24N8O2. The van der Waals surface area contributed by atoms with Crippen LogP contribution in [0.15, 0.2) is 37.1 Å². The van der Waals surface area contributed by atoms with Gasteiger partial charge in [0.2, 0.25) is 5.91 Å². The molecule has 0 spiro atoms. The van der Waals surface area contributed by atoms with Gasteiger partial charge in [-0.3, -0.25) is 9.59 Å². The minimum atomic E-state index is -0.863. The van der Waals surface area contributed by atoms with Crippen molar-refractivity contribution in [2.24, 2.45) is 13.0 Å². The summed E-state index contributed by atoms with van der Waals surface area (Å²) in [5.74, 6) is -0.700. The van der Waals surface area contributed by atoms with Crippen LogP contribution in [0.2, 0.25) is 0 Å². The molecular weight excluding hydrogens is 408 g/mol. The van der Waals surface area contributed by atoms with Gasteiger partial charge in [-0.2, -0.15) is 5.26 Å². The Balaban J connectivity index is 1.55. The second-order valence-corrected chi connectivity index (χ2v) is 8.06. The molecule has 1 saturated heterocycles. The Morgan fingerprint density at radius 2 is 2.06 bits per heavy atom. The summed E-state index contributed by atoms with van der Waals surface area (Å²) in [6.07, 6.45) is 7.86. The summed E-state index contributed by atoms with van der Waals surface area (Å²) in [5, 5.41) is 11.9. The van der Waals surface area contributed by atoms with E-state index in [0.717, 1.165) is 0 Å². The number of aromatic amines is 1. The molecule has 32 heavy (non-hydrogen) atoms. The number of likely N-dealkylation sites (tertiary alicyclic amines) is 1. The summed E-state index contributed by atoms with van der Waals surface area (Å²) >= 11 is 0. The van der Waals surface area contributed by atoms with Gasteiger partial charge >= 0.3 is 0 Å². The molecule has 3 aromatic rings. The zero-order valence-electron chi connectivity index (χ0n) is 18.0. The van der Waals surface area contributed by atoms with E-state index in [4.69, 9.17) is 5.26 Å². The number of nitrogens with one attached hydrogen (secondary N) is 2. The van der Waals surface area contributed by atoms with E-state index in [1.165, 1.54) is 6.20 Å². The summed E-state index contributed by atoms with van der Waals surface area (Å²) in [6.45, 7) is 6.58. The maximum absolute atomic E-state index is 13.1. The van der Waals surface area contributed by atoms with Gasteiger partial charge in [0.15, 0.2) is 5.65 Å². The number of aromatic nitrogens is 5. The topological polar surface area (TPSA) is 133 Å². The number of fused-ring (bicyclic) bond motifs is 1. The van der Waals surface area contributed by atoms with E-state index < -0.39 is 11.9 Å². The van der Waals surface area contributed by atoms with Crippen LogP contribution in [0.1, 0.15) is 30.1 Å². The number of H-pyrrole nitrogens is 1.